The van der Waals surface area contributed by atoms with E-state index >= 15 is 0 Å². The molecule has 1 saturated carbocycles. The molecule has 1 aliphatic carbocycles. The maximum Gasteiger partial charge on any atom is 0.257 e. The third-order valence-corrected chi connectivity index (χ3v) is 5.38. The Morgan fingerprint density at radius 1 is 1.40 bits per heavy atom. The number of nitrogens with zero attached hydrogens (tertiary/aromatic N) is 2. The lowest BCUT2D eigenvalue weighted by Crippen LogP contribution is -2.30. The van der Waals surface area contributed by atoms with Crippen molar-refractivity contribution in [3.05, 3.63) is 47.7 Å². The average molecular weight is 339 g/mol. The second-order valence-corrected chi connectivity index (χ2v) is 7.15. The molecule has 0 unspecified atom stereocenters. The first-order valence-corrected chi connectivity index (χ1v) is 8.56. The lowest BCUT2D eigenvalue weighted by molar-refractivity contribution is -0.118. The molecule has 0 aromatic carbocycles. The number of furan rings is 1. The Morgan fingerprint density at radius 2 is 2.24 bits per heavy atom. The molecule has 2 atom stereocenters. The fourth-order valence-corrected chi connectivity index (χ4v) is 3.92. The van der Waals surface area contributed by atoms with Crippen LogP contribution in [0.3, 0.4) is 0 Å². The molecule has 0 radical (unpaired) electrons. The molecule has 6 nitrogen and oxygen atoms in total. The number of rotatable bonds is 3. The second kappa shape index (κ2) is 5.72. The summed E-state index contributed by atoms with van der Waals surface area (Å²) in [6.45, 7) is 4.99. The number of carbonyl (C=O) groups excluding carboxylic acids is 2. The van der Waals surface area contributed by atoms with Gasteiger partial charge in [-0.25, -0.2) is 0 Å². The van der Waals surface area contributed by atoms with Crippen LogP contribution >= 0.6 is 0 Å². The molecule has 1 spiro atoms. The van der Waals surface area contributed by atoms with Crippen molar-refractivity contribution in [2.75, 3.05) is 18.4 Å². The molecular weight excluding hydrogens is 318 g/mol. The third-order valence-electron chi connectivity index (χ3n) is 5.38. The third kappa shape index (κ3) is 2.81. The molecule has 1 N–H and O–H groups in total. The van der Waals surface area contributed by atoms with E-state index in [0.717, 1.165) is 18.6 Å². The van der Waals surface area contributed by atoms with E-state index in [-0.39, 0.29) is 23.1 Å². The summed E-state index contributed by atoms with van der Waals surface area (Å²) in [5, 5.41) is 2.92. The van der Waals surface area contributed by atoms with Crippen molar-refractivity contribution in [3.8, 4) is 0 Å². The van der Waals surface area contributed by atoms with Gasteiger partial charge in [-0.2, -0.15) is 0 Å². The zero-order valence-electron chi connectivity index (χ0n) is 14.4. The molecule has 2 aliphatic rings. The summed E-state index contributed by atoms with van der Waals surface area (Å²) in [4.78, 5) is 31.1. The van der Waals surface area contributed by atoms with Crippen LogP contribution in [-0.2, 0) is 4.79 Å². The lowest BCUT2D eigenvalue weighted by atomic mass is 10.0. The highest BCUT2D eigenvalue weighted by molar-refractivity contribution is 5.97. The number of amides is 2. The van der Waals surface area contributed by atoms with Crippen molar-refractivity contribution in [1.29, 1.82) is 0 Å². The number of hydrogen-bond acceptors (Lipinski definition) is 4. The van der Waals surface area contributed by atoms with Gasteiger partial charge in [0.15, 0.2) is 0 Å². The first kappa shape index (κ1) is 15.9. The first-order chi connectivity index (χ1) is 12.0. The monoisotopic (exact) mass is 339 g/mol. The number of aromatic nitrogens is 1. The molecule has 6 heteroatoms. The Morgan fingerprint density at radius 3 is 2.92 bits per heavy atom. The van der Waals surface area contributed by atoms with Gasteiger partial charge in [0, 0.05) is 30.6 Å². The summed E-state index contributed by atoms with van der Waals surface area (Å²) >= 11 is 0. The molecule has 2 amide bonds. The van der Waals surface area contributed by atoms with Gasteiger partial charge in [-0.1, -0.05) is 0 Å². The molecule has 3 heterocycles. The highest BCUT2D eigenvalue weighted by atomic mass is 16.3. The predicted octanol–water partition coefficient (Wildman–Crippen LogP) is 2.78. The summed E-state index contributed by atoms with van der Waals surface area (Å²) < 4.78 is 5.47. The molecule has 2 aromatic rings. The average Bonchev–Trinajstić information content (AvgIpc) is 2.94. The van der Waals surface area contributed by atoms with Gasteiger partial charge in [0.05, 0.1) is 17.4 Å². The van der Waals surface area contributed by atoms with E-state index in [2.05, 4.69) is 10.3 Å². The van der Waals surface area contributed by atoms with Gasteiger partial charge in [-0.05, 0) is 44.9 Å². The van der Waals surface area contributed by atoms with Crippen LogP contribution in [0, 0.1) is 25.2 Å². The topological polar surface area (TPSA) is 75.4 Å². The Hall–Kier alpha value is -2.63. The molecule has 1 aliphatic heterocycles. The number of nitrogens with one attached hydrogen (secondary N) is 1. The number of hydrogen-bond donors (Lipinski definition) is 1. The minimum Gasteiger partial charge on any atom is -0.466 e. The van der Waals surface area contributed by atoms with Crippen molar-refractivity contribution in [1.82, 2.24) is 9.88 Å². The van der Waals surface area contributed by atoms with E-state index < -0.39 is 0 Å². The zero-order chi connectivity index (χ0) is 17.6. The Labute approximate surface area is 146 Å². The van der Waals surface area contributed by atoms with Gasteiger partial charge < -0.3 is 14.6 Å². The predicted molar refractivity (Wildman–Crippen MR) is 92.1 cm³/mol. The summed E-state index contributed by atoms with van der Waals surface area (Å²) in [5.74, 6) is 1.40. The molecule has 25 heavy (non-hydrogen) atoms. The van der Waals surface area contributed by atoms with Gasteiger partial charge in [0.25, 0.3) is 5.91 Å². The molecule has 130 valence electrons. The number of aryl methyl sites for hydroxylation is 2. The fourth-order valence-electron chi connectivity index (χ4n) is 3.92. The first-order valence-electron chi connectivity index (χ1n) is 8.56. The number of anilines is 1. The molecular formula is C19H21N3O3. The summed E-state index contributed by atoms with van der Waals surface area (Å²) in [6, 6.07) is 5.42. The summed E-state index contributed by atoms with van der Waals surface area (Å²) in [7, 11) is 0. The van der Waals surface area contributed by atoms with E-state index in [0.29, 0.717) is 30.1 Å². The zero-order valence-corrected chi connectivity index (χ0v) is 14.4. The van der Waals surface area contributed by atoms with Crippen molar-refractivity contribution >= 4 is 17.5 Å². The molecule has 2 aromatic heterocycles. The van der Waals surface area contributed by atoms with Crippen LogP contribution < -0.4 is 5.32 Å². The minimum atomic E-state index is -0.0609. The molecule has 0 bridgehead atoms. The van der Waals surface area contributed by atoms with Crippen LogP contribution in [0.25, 0.3) is 0 Å². The van der Waals surface area contributed by atoms with Crippen LogP contribution in [0.1, 0.15) is 34.7 Å². The van der Waals surface area contributed by atoms with Crippen LogP contribution in [0.15, 0.2) is 35.0 Å². The fraction of sp³-hybridized carbons (Fsp3) is 0.421. The second-order valence-electron chi connectivity index (χ2n) is 7.15. The molecule has 2 fully saturated rings. The van der Waals surface area contributed by atoms with Crippen LogP contribution in [0.4, 0.5) is 5.69 Å². The summed E-state index contributed by atoms with van der Waals surface area (Å²) in [5.41, 5.74) is 1.28. The quantitative estimate of drug-likeness (QED) is 0.933. The normalized spacial score (nSPS) is 24.6. The van der Waals surface area contributed by atoms with E-state index in [1.165, 1.54) is 0 Å². The molecule has 1 saturated heterocycles. The number of pyridine rings is 1. The highest BCUT2D eigenvalue weighted by Crippen LogP contribution is 2.59. The lowest BCUT2D eigenvalue weighted by Gasteiger charge is -2.16. The minimum absolute atomic E-state index is 0.00421. The maximum atomic E-state index is 12.7. The van der Waals surface area contributed by atoms with Crippen LogP contribution in [0.5, 0.6) is 0 Å². The number of carbonyl (C=O) groups is 2. The van der Waals surface area contributed by atoms with Crippen molar-refractivity contribution in [3.63, 3.8) is 0 Å². The summed E-state index contributed by atoms with van der Waals surface area (Å²) in [6.07, 6.45) is 5.03. The van der Waals surface area contributed by atoms with Crippen LogP contribution in [-0.4, -0.2) is 34.8 Å². The largest absolute Gasteiger partial charge is 0.466 e. The van der Waals surface area contributed by atoms with Crippen molar-refractivity contribution in [2.24, 2.45) is 11.3 Å². The Balaban J connectivity index is 1.40. The van der Waals surface area contributed by atoms with Crippen molar-refractivity contribution < 1.29 is 14.0 Å². The maximum absolute atomic E-state index is 12.7. The Kier molecular flexibility index (Phi) is 3.63. The number of likely N-dealkylation sites (tertiary alicyclic amines) is 1. The standard InChI is InChI=1S/C19H21N3O3/c1-12-8-15(13(2)25-12)18(24)22-7-5-19(11-22)9-16(19)17(23)21-14-4-3-6-20-10-14/h3-4,6,8,10,16H,5,7,9,11H2,1-2H3,(H,21,23)/t16-,19+/m0/s1. The molecule has 4 rings (SSSR count). The van der Waals surface area contributed by atoms with Gasteiger partial charge in [0.2, 0.25) is 5.91 Å². The van der Waals surface area contributed by atoms with Gasteiger partial charge in [-0.3, -0.25) is 14.6 Å². The van der Waals surface area contributed by atoms with E-state index in [1.54, 1.807) is 24.5 Å². The van der Waals surface area contributed by atoms with E-state index in [4.69, 9.17) is 4.42 Å². The Bertz CT molecular complexity index is 830. The van der Waals surface area contributed by atoms with Crippen LogP contribution in [0.2, 0.25) is 0 Å². The van der Waals surface area contributed by atoms with Gasteiger partial charge >= 0.3 is 0 Å². The van der Waals surface area contributed by atoms with E-state index in [9.17, 15) is 9.59 Å². The van der Waals surface area contributed by atoms with Gasteiger partial charge in [0.1, 0.15) is 11.5 Å². The highest BCUT2D eigenvalue weighted by Gasteiger charge is 2.61. The van der Waals surface area contributed by atoms with Crippen molar-refractivity contribution in [2.45, 2.75) is 26.7 Å². The SMILES string of the molecule is Cc1cc(C(=O)N2CC[C@@]3(C[C@H]3C(=O)Nc3cccnc3)C2)c(C)o1. The van der Waals surface area contributed by atoms with Gasteiger partial charge in [-0.15, -0.1) is 0 Å². The smallest absolute Gasteiger partial charge is 0.257 e. The van der Waals surface area contributed by atoms with E-state index in [1.807, 2.05) is 24.8 Å².